The van der Waals surface area contributed by atoms with Crippen LogP contribution in [-0.4, -0.2) is 46.6 Å². The SMILES string of the molecule is CNC(=O)C1CCN(C(=O)c2cnn(-c3ccccc3)c2)CC1. The van der Waals surface area contributed by atoms with Crippen LogP contribution in [0, 0.1) is 5.92 Å². The third-order valence-electron chi connectivity index (χ3n) is 4.25. The van der Waals surface area contributed by atoms with Gasteiger partial charge in [-0.05, 0) is 25.0 Å². The molecule has 120 valence electrons. The normalized spacial score (nSPS) is 15.4. The number of hydrogen-bond acceptors (Lipinski definition) is 3. The highest BCUT2D eigenvalue weighted by Gasteiger charge is 2.27. The molecule has 3 rings (SSSR count). The summed E-state index contributed by atoms with van der Waals surface area (Å²) in [4.78, 5) is 26.0. The maximum absolute atomic E-state index is 12.6. The molecule has 0 spiro atoms. The van der Waals surface area contributed by atoms with Gasteiger partial charge >= 0.3 is 0 Å². The molecule has 0 aliphatic carbocycles. The molecule has 0 saturated carbocycles. The Bertz CT molecular complexity index is 688. The van der Waals surface area contributed by atoms with Crippen LogP contribution < -0.4 is 5.32 Å². The van der Waals surface area contributed by atoms with Crippen LogP contribution in [0.25, 0.3) is 5.69 Å². The van der Waals surface area contributed by atoms with E-state index in [2.05, 4.69) is 10.4 Å². The van der Waals surface area contributed by atoms with Crippen molar-refractivity contribution in [3.63, 3.8) is 0 Å². The van der Waals surface area contributed by atoms with E-state index >= 15 is 0 Å². The molecule has 1 aromatic heterocycles. The summed E-state index contributed by atoms with van der Waals surface area (Å²) in [6, 6.07) is 9.69. The van der Waals surface area contributed by atoms with E-state index in [-0.39, 0.29) is 17.7 Å². The van der Waals surface area contributed by atoms with E-state index in [0.29, 0.717) is 31.5 Å². The number of piperidine rings is 1. The third kappa shape index (κ3) is 3.26. The number of rotatable bonds is 3. The van der Waals surface area contributed by atoms with Gasteiger partial charge in [-0.2, -0.15) is 5.10 Å². The molecule has 2 amide bonds. The molecule has 0 bridgehead atoms. The summed E-state index contributed by atoms with van der Waals surface area (Å²) in [6.45, 7) is 1.21. The third-order valence-corrected chi connectivity index (χ3v) is 4.25. The molecule has 2 heterocycles. The number of carbonyl (C=O) groups is 2. The lowest BCUT2D eigenvalue weighted by Crippen LogP contribution is -2.42. The summed E-state index contributed by atoms with van der Waals surface area (Å²) in [5.74, 6) is 0.0487. The minimum atomic E-state index is -0.0254. The molecule has 6 nitrogen and oxygen atoms in total. The van der Waals surface area contributed by atoms with Crippen molar-refractivity contribution in [2.45, 2.75) is 12.8 Å². The van der Waals surface area contributed by atoms with Crippen molar-refractivity contribution in [3.8, 4) is 5.69 Å². The molecule has 1 aliphatic heterocycles. The minimum absolute atomic E-state index is 0.0103. The van der Waals surface area contributed by atoms with Gasteiger partial charge in [-0.1, -0.05) is 18.2 Å². The Morgan fingerprint density at radius 1 is 1.17 bits per heavy atom. The molecule has 6 heteroatoms. The Kier molecular flexibility index (Phi) is 4.41. The van der Waals surface area contributed by atoms with Gasteiger partial charge in [-0.3, -0.25) is 9.59 Å². The van der Waals surface area contributed by atoms with E-state index in [1.54, 1.807) is 29.0 Å². The second-order valence-electron chi connectivity index (χ2n) is 5.69. The molecule has 0 unspecified atom stereocenters. The molecule has 0 atom stereocenters. The summed E-state index contributed by atoms with van der Waals surface area (Å²) >= 11 is 0. The second kappa shape index (κ2) is 6.64. The number of likely N-dealkylation sites (tertiary alicyclic amines) is 1. The average Bonchev–Trinajstić information content (AvgIpc) is 3.11. The molecule has 1 aliphatic rings. The first-order chi connectivity index (χ1) is 11.2. The quantitative estimate of drug-likeness (QED) is 0.933. The Balaban J connectivity index is 1.66. The highest BCUT2D eigenvalue weighted by molar-refractivity contribution is 5.94. The fourth-order valence-electron chi connectivity index (χ4n) is 2.89. The molecular formula is C17H20N4O2. The van der Waals surface area contributed by atoms with Gasteiger partial charge in [0.2, 0.25) is 5.91 Å². The van der Waals surface area contributed by atoms with Crippen LogP contribution in [-0.2, 0) is 4.79 Å². The predicted molar refractivity (Wildman–Crippen MR) is 86.3 cm³/mol. The molecule has 0 radical (unpaired) electrons. The van der Waals surface area contributed by atoms with Crippen molar-refractivity contribution >= 4 is 11.8 Å². The zero-order chi connectivity index (χ0) is 16.2. The van der Waals surface area contributed by atoms with E-state index in [1.165, 1.54) is 0 Å². The number of benzene rings is 1. The average molecular weight is 312 g/mol. The van der Waals surface area contributed by atoms with Crippen molar-refractivity contribution in [2.24, 2.45) is 5.92 Å². The predicted octanol–water partition coefficient (Wildman–Crippen LogP) is 1.47. The molecule has 1 N–H and O–H groups in total. The Labute approximate surface area is 135 Å². The maximum Gasteiger partial charge on any atom is 0.257 e. The van der Waals surface area contributed by atoms with Crippen molar-refractivity contribution in [1.82, 2.24) is 20.0 Å². The highest BCUT2D eigenvalue weighted by atomic mass is 16.2. The van der Waals surface area contributed by atoms with Gasteiger partial charge in [0, 0.05) is 32.3 Å². The molecular weight excluding hydrogens is 292 g/mol. The monoisotopic (exact) mass is 312 g/mol. The summed E-state index contributed by atoms with van der Waals surface area (Å²) in [6.07, 6.45) is 4.76. The van der Waals surface area contributed by atoms with Crippen LogP contribution in [0.1, 0.15) is 23.2 Å². The van der Waals surface area contributed by atoms with Crippen molar-refractivity contribution in [1.29, 1.82) is 0 Å². The second-order valence-corrected chi connectivity index (χ2v) is 5.69. The van der Waals surface area contributed by atoms with Gasteiger partial charge in [0.15, 0.2) is 0 Å². The van der Waals surface area contributed by atoms with E-state index in [9.17, 15) is 9.59 Å². The van der Waals surface area contributed by atoms with E-state index < -0.39 is 0 Å². The summed E-state index contributed by atoms with van der Waals surface area (Å²) in [5.41, 5.74) is 1.50. The Hall–Kier alpha value is -2.63. The van der Waals surface area contributed by atoms with Gasteiger partial charge in [0.1, 0.15) is 0 Å². The zero-order valence-corrected chi connectivity index (χ0v) is 13.1. The topological polar surface area (TPSA) is 67.2 Å². The lowest BCUT2D eigenvalue weighted by atomic mass is 9.95. The first kappa shape index (κ1) is 15.3. The first-order valence-corrected chi connectivity index (χ1v) is 7.80. The summed E-state index contributed by atoms with van der Waals surface area (Å²) in [5, 5.41) is 6.94. The molecule has 1 saturated heterocycles. The van der Waals surface area contributed by atoms with Crippen LogP contribution in [0.2, 0.25) is 0 Å². The van der Waals surface area contributed by atoms with Gasteiger partial charge in [-0.15, -0.1) is 0 Å². The number of para-hydroxylation sites is 1. The van der Waals surface area contributed by atoms with Gasteiger partial charge < -0.3 is 10.2 Å². The first-order valence-electron chi connectivity index (χ1n) is 7.80. The van der Waals surface area contributed by atoms with E-state index in [0.717, 1.165) is 5.69 Å². The fourth-order valence-corrected chi connectivity index (χ4v) is 2.89. The van der Waals surface area contributed by atoms with Crippen molar-refractivity contribution < 1.29 is 9.59 Å². The van der Waals surface area contributed by atoms with E-state index in [4.69, 9.17) is 0 Å². The van der Waals surface area contributed by atoms with Crippen molar-refractivity contribution in [2.75, 3.05) is 20.1 Å². The summed E-state index contributed by atoms with van der Waals surface area (Å²) in [7, 11) is 1.65. The van der Waals surface area contributed by atoms with Gasteiger partial charge in [0.25, 0.3) is 5.91 Å². The zero-order valence-electron chi connectivity index (χ0n) is 13.1. The largest absolute Gasteiger partial charge is 0.359 e. The van der Waals surface area contributed by atoms with Gasteiger partial charge in [-0.25, -0.2) is 4.68 Å². The van der Waals surface area contributed by atoms with Crippen molar-refractivity contribution in [3.05, 3.63) is 48.3 Å². The van der Waals surface area contributed by atoms with E-state index in [1.807, 2.05) is 30.3 Å². The standard InChI is InChI=1S/C17H20N4O2/c1-18-16(22)13-7-9-20(10-8-13)17(23)14-11-19-21(12-14)15-5-3-2-4-6-15/h2-6,11-13H,7-10H2,1H3,(H,18,22). The Morgan fingerprint density at radius 2 is 1.87 bits per heavy atom. The molecule has 1 aromatic carbocycles. The molecule has 2 aromatic rings. The van der Waals surface area contributed by atoms with Crippen LogP contribution >= 0.6 is 0 Å². The number of nitrogens with one attached hydrogen (secondary N) is 1. The van der Waals surface area contributed by atoms with Crippen LogP contribution in [0.4, 0.5) is 0 Å². The number of nitrogens with zero attached hydrogens (tertiary/aromatic N) is 3. The number of hydrogen-bond donors (Lipinski definition) is 1. The molecule has 23 heavy (non-hydrogen) atoms. The smallest absolute Gasteiger partial charge is 0.257 e. The summed E-state index contributed by atoms with van der Waals surface area (Å²) < 4.78 is 1.70. The maximum atomic E-state index is 12.6. The lowest BCUT2D eigenvalue weighted by molar-refractivity contribution is -0.125. The van der Waals surface area contributed by atoms with Gasteiger partial charge in [0.05, 0.1) is 17.4 Å². The number of aromatic nitrogens is 2. The van der Waals surface area contributed by atoms with Crippen LogP contribution in [0.5, 0.6) is 0 Å². The lowest BCUT2D eigenvalue weighted by Gasteiger charge is -2.30. The van der Waals surface area contributed by atoms with Crippen LogP contribution in [0.3, 0.4) is 0 Å². The number of carbonyl (C=O) groups excluding carboxylic acids is 2. The Morgan fingerprint density at radius 3 is 2.52 bits per heavy atom. The highest BCUT2D eigenvalue weighted by Crippen LogP contribution is 2.19. The molecule has 1 fully saturated rings. The minimum Gasteiger partial charge on any atom is -0.359 e. The fraction of sp³-hybridized carbons (Fsp3) is 0.353. The van der Waals surface area contributed by atoms with Crippen LogP contribution in [0.15, 0.2) is 42.7 Å². The number of amides is 2.